The molecule has 1 N–H and O–H groups in total. The van der Waals surface area contributed by atoms with Crippen LogP contribution in [-0.2, 0) is 14.3 Å². The van der Waals surface area contributed by atoms with Crippen LogP contribution in [0.3, 0.4) is 0 Å². The van der Waals surface area contributed by atoms with E-state index in [9.17, 15) is 20.0 Å². The van der Waals surface area contributed by atoms with E-state index in [2.05, 4.69) is 6.07 Å². The number of likely N-dealkylation sites (tertiary alicyclic amines) is 1. The fourth-order valence-corrected chi connectivity index (χ4v) is 3.83. The third-order valence-electron chi connectivity index (χ3n) is 5.42. The minimum atomic E-state index is -1.11. The molecule has 1 amide bonds. The monoisotopic (exact) mass is 358 g/mol. The Morgan fingerprint density at radius 1 is 1.35 bits per heavy atom. The third-order valence-corrected chi connectivity index (χ3v) is 5.42. The Balaban J connectivity index is 1.86. The predicted octanol–water partition coefficient (Wildman–Crippen LogP) is 1.64. The summed E-state index contributed by atoms with van der Waals surface area (Å²) in [6, 6.07) is 9.44. The normalized spacial score (nSPS) is 24.7. The van der Waals surface area contributed by atoms with Gasteiger partial charge in [-0.3, -0.25) is 9.59 Å². The summed E-state index contributed by atoms with van der Waals surface area (Å²) in [7, 11) is 1.56. The van der Waals surface area contributed by atoms with Crippen LogP contribution in [0, 0.1) is 22.7 Å². The molecular weight excluding hydrogens is 336 g/mol. The van der Waals surface area contributed by atoms with E-state index < -0.39 is 17.3 Å². The second kappa shape index (κ2) is 7.34. The smallest absolute Gasteiger partial charge is 0.308 e. The van der Waals surface area contributed by atoms with Gasteiger partial charge >= 0.3 is 5.97 Å². The molecule has 0 spiro atoms. The Morgan fingerprint density at radius 2 is 2.08 bits per heavy atom. The summed E-state index contributed by atoms with van der Waals surface area (Å²) >= 11 is 0. The summed E-state index contributed by atoms with van der Waals surface area (Å²) in [4.78, 5) is 26.4. The first-order chi connectivity index (χ1) is 12.5. The van der Waals surface area contributed by atoms with E-state index >= 15 is 0 Å². The molecule has 0 bridgehead atoms. The maximum atomic E-state index is 13.1. The molecule has 7 nitrogen and oxygen atoms in total. The molecule has 0 radical (unpaired) electrons. The molecule has 2 saturated heterocycles. The molecule has 3 rings (SSSR count). The fourth-order valence-electron chi connectivity index (χ4n) is 3.83. The summed E-state index contributed by atoms with van der Waals surface area (Å²) in [5, 5.41) is 19.3. The van der Waals surface area contributed by atoms with Gasteiger partial charge in [-0.05, 0) is 30.5 Å². The highest BCUT2D eigenvalue weighted by Gasteiger charge is 2.48. The number of carbonyl (C=O) groups is 2. The van der Waals surface area contributed by atoms with E-state index in [0.717, 1.165) is 5.56 Å². The highest BCUT2D eigenvalue weighted by atomic mass is 16.5. The summed E-state index contributed by atoms with van der Waals surface area (Å²) in [5.41, 5.74) is -0.282. The lowest BCUT2D eigenvalue weighted by Crippen LogP contribution is -2.45. The van der Waals surface area contributed by atoms with E-state index in [1.807, 2.05) is 18.2 Å². The summed E-state index contributed by atoms with van der Waals surface area (Å²) < 4.78 is 10.5. The van der Waals surface area contributed by atoms with Crippen molar-refractivity contribution in [1.82, 2.24) is 4.90 Å². The number of rotatable bonds is 4. The van der Waals surface area contributed by atoms with Crippen molar-refractivity contribution in [2.45, 2.75) is 18.8 Å². The van der Waals surface area contributed by atoms with Gasteiger partial charge in [0.2, 0.25) is 5.91 Å². The number of hydrogen-bond acceptors (Lipinski definition) is 5. The maximum Gasteiger partial charge on any atom is 0.308 e. The van der Waals surface area contributed by atoms with Crippen LogP contribution in [0.25, 0.3) is 0 Å². The van der Waals surface area contributed by atoms with Gasteiger partial charge in [0.15, 0.2) is 0 Å². The number of amides is 1. The van der Waals surface area contributed by atoms with Crippen LogP contribution in [0.2, 0.25) is 0 Å². The Labute approximate surface area is 152 Å². The standard InChI is InChI=1S/C19H22N2O5/c1-25-14-4-2-3-13(9-14)15-10-21(11-16(15)17(22)23)18(24)19(12-20)5-7-26-8-6-19/h2-4,9,15-16H,5-8,10-11H2,1H3,(H,22,23)/t15-,16+/m0/s1. The van der Waals surface area contributed by atoms with Crippen molar-refractivity contribution in [2.24, 2.45) is 11.3 Å². The van der Waals surface area contributed by atoms with E-state index in [-0.39, 0.29) is 24.9 Å². The van der Waals surface area contributed by atoms with E-state index in [4.69, 9.17) is 9.47 Å². The molecule has 0 saturated carbocycles. The van der Waals surface area contributed by atoms with Gasteiger partial charge in [-0.25, -0.2) is 0 Å². The minimum absolute atomic E-state index is 0.111. The number of carboxylic acid groups (broad SMARTS) is 1. The lowest BCUT2D eigenvalue weighted by Gasteiger charge is -2.33. The van der Waals surface area contributed by atoms with Crippen molar-refractivity contribution >= 4 is 11.9 Å². The van der Waals surface area contributed by atoms with E-state index in [1.54, 1.807) is 13.2 Å². The molecule has 2 aliphatic heterocycles. The Morgan fingerprint density at radius 3 is 2.69 bits per heavy atom. The lowest BCUT2D eigenvalue weighted by atomic mass is 9.80. The number of carboxylic acids is 1. The van der Waals surface area contributed by atoms with Gasteiger partial charge in [0, 0.05) is 32.2 Å². The summed E-state index contributed by atoms with van der Waals surface area (Å²) in [5.74, 6) is -1.61. The van der Waals surface area contributed by atoms with Crippen molar-refractivity contribution in [3.63, 3.8) is 0 Å². The molecule has 7 heteroatoms. The van der Waals surface area contributed by atoms with Gasteiger partial charge in [-0.1, -0.05) is 12.1 Å². The SMILES string of the molecule is COc1cccc([C@@H]2CN(C(=O)C3(C#N)CCOCC3)C[C@H]2C(=O)O)c1. The quantitative estimate of drug-likeness (QED) is 0.878. The highest BCUT2D eigenvalue weighted by molar-refractivity contribution is 5.87. The van der Waals surface area contributed by atoms with Gasteiger partial charge < -0.3 is 19.5 Å². The van der Waals surface area contributed by atoms with Crippen LogP contribution in [0.15, 0.2) is 24.3 Å². The molecule has 2 heterocycles. The molecule has 138 valence electrons. The first kappa shape index (κ1) is 18.2. The van der Waals surface area contributed by atoms with Gasteiger partial charge in [0.25, 0.3) is 0 Å². The van der Waals surface area contributed by atoms with Crippen molar-refractivity contribution < 1.29 is 24.2 Å². The van der Waals surface area contributed by atoms with Crippen LogP contribution in [0.4, 0.5) is 0 Å². The van der Waals surface area contributed by atoms with Gasteiger partial charge in [-0.15, -0.1) is 0 Å². The molecule has 1 aromatic rings. The molecule has 0 aromatic heterocycles. The zero-order valence-corrected chi connectivity index (χ0v) is 14.7. The number of ether oxygens (including phenoxy) is 2. The van der Waals surface area contributed by atoms with Crippen molar-refractivity contribution in [3.8, 4) is 11.8 Å². The number of nitrogens with zero attached hydrogens (tertiary/aromatic N) is 2. The van der Waals surface area contributed by atoms with Crippen LogP contribution in [0.1, 0.15) is 24.3 Å². The molecule has 0 unspecified atom stereocenters. The Bertz CT molecular complexity index is 736. The summed E-state index contributed by atoms with van der Waals surface area (Å²) in [6.45, 7) is 1.14. The topological polar surface area (TPSA) is 99.9 Å². The number of nitriles is 1. The highest BCUT2D eigenvalue weighted by Crippen LogP contribution is 2.39. The predicted molar refractivity (Wildman–Crippen MR) is 91.5 cm³/mol. The third kappa shape index (κ3) is 3.25. The van der Waals surface area contributed by atoms with Gasteiger partial charge in [-0.2, -0.15) is 5.26 Å². The first-order valence-corrected chi connectivity index (χ1v) is 8.66. The van der Waals surface area contributed by atoms with E-state index in [0.29, 0.717) is 31.8 Å². The number of carbonyl (C=O) groups excluding carboxylic acids is 1. The molecule has 2 fully saturated rings. The Kier molecular flexibility index (Phi) is 5.14. The minimum Gasteiger partial charge on any atom is -0.497 e. The molecule has 2 atom stereocenters. The van der Waals surface area contributed by atoms with Crippen LogP contribution >= 0.6 is 0 Å². The van der Waals surface area contributed by atoms with E-state index in [1.165, 1.54) is 4.90 Å². The first-order valence-electron chi connectivity index (χ1n) is 8.66. The number of benzene rings is 1. The zero-order valence-electron chi connectivity index (χ0n) is 14.7. The summed E-state index contributed by atoms with van der Waals surface area (Å²) in [6.07, 6.45) is 0.695. The van der Waals surface area contributed by atoms with Crippen LogP contribution in [-0.4, -0.2) is 55.3 Å². The molecular formula is C19H22N2O5. The number of hydrogen-bond donors (Lipinski definition) is 1. The van der Waals surface area contributed by atoms with Crippen LogP contribution in [0.5, 0.6) is 5.75 Å². The number of aliphatic carboxylic acids is 1. The average Bonchev–Trinajstić information content (AvgIpc) is 3.13. The maximum absolute atomic E-state index is 13.1. The molecule has 26 heavy (non-hydrogen) atoms. The zero-order chi connectivity index (χ0) is 18.7. The van der Waals surface area contributed by atoms with Crippen molar-refractivity contribution in [2.75, 3.05) is 33.4 Å². The lowest BCUT2D eigenvalue weighted by molar-refractivity contribution is -0.144. The fraction of sp³-hybridized carbons (Fsp3) is 0.526. The van der Waals surface area contributed by atoms with Gasteiger partial charge in [0.05, 0.1) is 19.1 Å². The largest absolute Gasteiger partial charge is 0.497 e. The van der Waals surface area contributed by atoms with Crippen molar-refractivity contribution in [1.29, 1.82) is 5.26 Å². The molecule has 1 aromatic carbocycles. The second-order valence-electron chi connectivity index (χ2n) is 6.84. The van der Waals surface area contributed by atoms with Gasteiger partial charge in [0.1, 0.15) is 11.2 Å². The van der Waals surface area contributed by atoms with Crippen molar-refractivity contribution in [3.05, 3.63) is 29.8 Å². The Hall–Kier alpha value is -2.59. The average molecular weight is 358 g/mol. The molecule has 0 aliphatic carbocycles. The number of methoxy groups -OCH3 is 1. The second-order valence-corrected chi connectivity index (χ2v) is 6.84. The molecule has 2 aliphatic rings. The van der Waals surface area contributed by atoms with Crippen LogP contribution < -0.4 is 4.74 Å².